The van der Waals surface area contributed by atoms with E-state index in [4.69, 9.17) is 4.99 Å². The Morgan fingerprint density at radius 2 is 1.60 bits per heavy atom. The molecule has 6 heteroatoms. The van der Waals surface area contributed by atoms with Crippen molar-refractivity contribution in [2.24, 2.45) is 4.99 Å². The fraction of sp³-hybridized carbons (Fsp3) is 0.146. The van der Waals surface area contributed by atoms with Crippen LogP contribution in [-0.2, 0) is 0 Å². The van der Waals surface area contributed by atoms with Gasteiger partial charge in [0.05, 0.1) is 28.4 Å². The maximum Gasteiger partial charge on any atom is 0.353 e. The average molecular weight is 623 g/mol. The first-order valence-corrected chi connectivity index (χ1v) is 15.2. The molecule has 6 nitrogen and oxygen atoms in total. The second-order valence-corrected chi connectivity index (χ2v) is 11.7. The first kappa shape index (κ1) is 32.6. The lowest BCUT2D eigenvalue weighted by Gasteiger charge is -2.18. The Morgan fingerprint density at radius 3 is 2.19 bits per heavy atom. The van der Waals surface area contributed by atoms with Crippen LogP contribution in [0.25, 0.3) is 39.5 Å². The summed E-state index contributed by atoms with van der Waals surface area (Å²) >= 11 is 0. The minimum absolute atomic E-state index is 0.00354. The van der Waals surface area contributed by atoms with Gasteiger partial charge in [0.15, 0.2) is 0 Å². The normalized spacial score (nSPS) is 13.6. The number of carboxylic acid groups (broad SMARTS) is 1. The number of aliphatic hydroxyl groups is 1. The summed E-state index contributed by atoms with van der Waals surface area (Å²) < 4.78 is 1.66. The Kier molecular flexibility index (Phi) is 8.66. The van der Waals surface area contributed by atoms with Gasteiger partial charge >= 0.3 is 5.97 Å². The quantitative estimate of drug-likeness (QED) is 0.0983. The Morgan fingerprint density at radius 1 is 0.915 bits per heavy atom. The molecule has 5 rings (SSSR count). The van der Waals surface area contributed by atoms with Crippen molar-refractivity contribution in [1.82, 2.24) is 4.57 Å². The van der Waals surface area contributed by atoms with Crippen molar-refractivity contribution in [2.45, 2.75) is 41.5 Å². The predicted octanol–water partition coefficient (Wildman–Crippen LogP) is 10.1. The molecule has 0 spiro atoms. The third kappa shape index (κ3) is 5.39. The van der Waals surface area contributed by atoms with Crippen LogP contribution < -0.4 is 0 Å². The van der Waals surface area contributed by atoms with Crippen LogP contribution in [0.3, 0.4) is 0 Å². The molecule has 4 aromatic rings. The molecule has 0 bridgehead atoms. The lowest BCUT2D eigenvalue weighted by Crippen LogP contribution is -2.11. The zero-order chi connectivity index (χ0) is 34.3. The van der Waals surface area contributed by atoms with Crippen LogP contribution in [-0.4, -0.2) is 31.6 Å². The molecule has 0 atom stereocenters. The van der Waals surface area contributed by atoms with Crippen molar-refractivity contribution in [3.8, 4) is 11.4 Å². The van der Waals surface area contributed by atoms with E-state index in [0.29, 0.717) is 50.1 Å². The van der Waals surface area contributed by atoms with Crippen LogP contribution >= 0.6 is 0 Å². The number of phenols is 1. The summed E-state index contributed by atoms with van der Waals surface area (Å²) in [5.41, 5.74) is 13.5. The average Bonchev–Trinajstić information content (AvgIpc) is 3.64. The van der Waals surface area contributed by atoms with Gasteiger partial charge in [0, 0.05) is 27.7 Å². The van der Waals surface area contributed by atoms with Gasteiger partial charge in [-0.25, -0.2) is 4.79 Å². The van der Waals surface area contributed by atoms with Crippen LogP contribution in [0, 0.1) is 20.8 Å². The fourth-order valence-electron chi connectivity index (χ4n) is 6.20. The molecule has 1 heterocycles. The summed E-state index contributed by atoms with van der Waals surface area (Å²) in [5, 5.41) is 33.3. The van der Waals surface area contributed by atoms with Gasteiger partial charge in [0.1, 0.15) is 11.4 Å². The molecule has 0 fully saturated rings. The number of aryl methyl sites for hydroxylation is 1. The van der Waals surface area contributed by atoms with Gasteiger partial charge in [0.2, 0.25) is 0 Å². The van der Waals surface area contributed by atoms with E-state index in [-0.39, 0.29) is 17.2 Å². The van der Waals surface area contributed by atoms with Crippen LogP contribution in [0.2, 0.25) is 0 Å². The molecule has 0 saturated heterocycles. The highest BCUT2D eigenvalue weighted by molar-refractivity contribution is 6.11. The van der Waals surface area contributed by atoms with Crippen LogP contribution in [0.1, 0.15) is 70.2 Å². The van der Waals surface area contributed by atoms with E-state index in [0.717, 1.165) is 39.1 Å². The number of hydrogen-bond donors (Lipinski definition) is 3. The second-order valence-electron chi connectivity index (χ2n) is 11.7. The fourth-order valence-corrected chi connectivity index (χ4v) is 6.20. The number of allylic oxidation sites excluding steroid dienone is 6. The van der Waals surface area contributed by atoms with Gasteiger partial charge < -0.3 is 19.9 Å². The molecular weight excluding hydrogens is 584 g/mol. The lowest BCUT2D eigenvalue weighted by molar-refractivity contribution is 0.0688. The Hall–Kier alpha value is -5.84. The maximum absolute atomic E-state index is 13.2. The molecular formula is C41H38N2O4. The zero-order valence-corrected chi connectivity index (χ0v) is 27.6. The van der Waals surface area contributed by atoms with E-state index < -0.39 is 5.97 Å². The first-order chi connectivity index (χ1) is 22.3. The van der Waals surface area contributed by atoms with E-state index in [1.165, 1.54) is 6.92 Å². The maximum atomic E-state index is 13.2. The zero-order valence-electron chi connectivity index (χ0n) is 27.6. The summed E-state index contributed by atoms with van der Waals surface area (Å²) in [6, 6.07) is 15.5. The van der Waals surface area contributed by atoms with Crippen LogP contribution in [0.5, 0.6) is 5.75 Å². The Bertz CT molecular complexity index is 2210. The number of aliphatic hydroxyl groups excluding tert-OH is 1. The molecule has 0 amide bonds. The third-order valence-corrected chi connectivity index (χ3v) is 8.98. The molecule has 1 aliphatic rings. The topological polar surface area (TPSA) is 95.1 Å². The molecule has 0 unspecified atom stereocenters. The molecule has 1 aromatic heterocycles. The number of aromatic nitrogens is 1. The highest BCUT2D eigenvalue weighted by Gasteiger charge is 2.31. The molecule has 3 N–H and O–H groups in total. The monoisotopic (exact) mass is 622 g/mol. The minimum atomic E-state index is -1.17. The van der Waals surface area contributed by atoms with Crippen molar-refractivity contribution < 1.29 is 20.1 Å². The minimum Gasteiger partial charge on any atom is -0.512 e. The molecule has 236 valence electrons. The number of carboxylic acids is 1. The smallest absolute Gasteiger partial charge is 0.353 e. The molecule has 1 aliphatic carbocycles. The van der Waals surface area contributed by atoms with Crippen LogP contribution in [0.4, 0.5) is 0 Å². The van der Waals surface area contributed by atoms with Crippen molar-refractivity contribution in [1.29, 1.82) is 0 Å². The number of rotatable bonds is 9. The highest BCUT2D eigenvalue weighted by Crippen LogP contribution is 2.45. The summed E-state index contributed by atoms with van der Waals surface area (Å²) in [4.78, 5) is 17.9. The number of aromatic carboxylic acids is 1. The van der Waals surface area contributed by atoms with E-state index >= 15 is 0 Å². The molecule has 47 heavy (non-hydrogen) atoms. The largest absolute Gasteiger partial charge is 0.512 e. The van der Waals surface area contributed by atoms with E-state index in [1.807, 2.05) is 75.4 Å². The number of aliphatic imine (C=N–C) groups is 1. The van der Waals surface area contributed by atoms with Gasteiger partial charge in [-0.3, -0.25) is 4.99 Å². The Balaban J connectivity index is 1.84. The number of aromatic hydroxyl groups is 1. The SMILES string of the molecule is C=CC1=CC(C(C)=NC(=C)c2ccccc2)=C=C1c1cccc(-n2c(C(=O)O)c(/C(C)=C(\C)O)c3c(C)c(C)c(O)c(C=C)c32)c1C. The lowest BCUT2D eigenvalue weighted by atomic mass is 9.93. The van der Waals surface area contributed by atoms with Gasteiger partial charge in [-0.2, -0.15) is 0 Å². The number of phenolic OH excluding ortho intramolecular Hbond substituents is 1. The molecule has 0 aliphatic heterocycles. The van der Waals surface area contributed by atoms with Crippen LogP contribution in [0.15, 0.2) is 108 Å². The number of fused-ring (bicyclic) bond motifs is 1. The van der Waals surface area contributed by atoms with Gasteiger partial charge in [-0.05, 0) is 92.6 Å². The molecule has 0 saturated carbocycles. The highest BCUT2D eigenvalue weighted by atomic mass is 16.4. The summed E-state index contributed by atoms with van der Waals surface area (Å²) in [6.45, 7) is 22.9. The summed E-state index contributed by atoms with van der Waals surface area (Å²) in [6.07, 6.45) is 5.29. The number of carbonyl (C=O) groups is 1. The molecule has 0 radical (unpaired) electrons. The van der Waals surface area contributed by atoms with E-state index in [2.05, 4.69) is 25.5 Å². The van der Waals surface area contributed by atoms with Gasteiger partial charge in [0.25, 0.3) is 0 Å². The van der Waals surface area contributed by atoms with E-state index in [9.17, 15) is 20.1 Å². The van der Waals surface area contributed by atoms with Gasteiger partial charge in [-0.15, -0.1) is 5.73 Å². The number of nitrogens with zero attached hydrogens (tertiary/aromatic N) is 2. The van der Waals surface area contributed by atoms with Crippen molar-refractivity contribution in [3.63, 3.8) is 0 Å². The van der Waals surface area contributed by atoms with E-state index in [1.54, 1.807) is 30.6 Å². The van der Waals surface area contributed by atoms with Crippen molar-refractivity contribution >= 4 is 45.5 Å². The van der Waals surface area contributed by atoms with Crippen molar-refractivity contribution in [3.05, 3.63) is 148 Å². The number of benzene rings is 3. The first-order valence-electron chi connectivity index (χ1n) is 15.2. The van der Waals surface area contributed by atoms with Gasteiger partial charge in [-0.1, -0.05) is 74.4 Å². The standard InChI is InChI=1S/C41H38N2O4/c1-10-29-20-31(27(8)42-26(7)30-16-13-12-14-17-30)21-34(29)33-18-15-19-35(25(33)6)43-38-32(11-2)40(45)23(4)22(3)36(38)37(24(5)28(9)44)39(43)41(46)47/h10-20,44-45H,1-2,7H2,3-6,8-9H3,(H,46,47)/b28-24+,42-27?. The summed E-state index contributed by atoms with van der Waals surface area (Å²) in [7, 11) is 0. The number of hydrogen-bond acceptors (Lipinski definition) is 4. The van der Waals surface area contributed by atoms with Crippen molar-refractivity contribution in [2.75, 3.05) is 0 Å². The third-order valence-electron chi connectivity index (χ3n) is 8.98. The molecule has 3 aromatic carbocycles. The predicted molar refractivity (Wildman–Crippen MR) is 194 cm³/mol. The summed E-state index contributed by atoms with van der Waals surface area (Å²) in [5.74, 6) is -1.14. The second kappa shape index (κ2) is 12.5. The Labute approximate surface area is 275 Å².